The number of guanidine groups is 1. The molecule has 0 aliphatic carbocycles. The lowest BCUT2D eigenvalue weighted by atomic mass is 10.1. The first-order chi connectivity index (χ1) is 11.3. The van der Waals surface area contributed by atoms with Crippen LogP contribution in [0.15, 0.2) is 29.3 Å². The van der Waals surface area contributed by atoms with Gasteiger partial charge in [0.05, 0.1) is 31.4 Å². The number of ether oxygens (including phenoxy) is 1. The Kier molecular flexibility index (Phi) is 10.4. The zero-order valence-corrected chi connectivity index (χ0v) is 16.5. The lowest BCUT2D eigenvalue weighted by Crippen LogP contribution is -2.44. The minimum absolute atomic E-state index is 0. The second-order valence-corrected chi connectivity index (χ2v) is 5.39. The minimum Gasteiger partial charge on any atom is -0.379 e. The second-order valence-electron chi connectivity index (χ2n) is 5.39. The Hall–Kier alpha value is -1.37. The van der Waals surface area contributed by atoms with Gasteiger partial charge >= 0.3 is 0 Å². The summed E-state index contributed by atoms with van der Waals surface area (Å²) in [5.41, 5.74) is 1.71. The third-order valence-electron chi connectivity index (χ3n) is 3.64. The van der Waals surface area contributed by atoms with E-state index < -0.39 is 0 Å². The predicted molar refractivity (Wildman–Crippen MR) is 107 cm³/mol. The molecule has 1 aromatic rings. The fourth-order valence-corrected chi connectivity index (χ4v) is 2.41. The smallest absolute Gasteiger partial charge is 0.191 e. The standard InChI is InChI=1S/C17H25N5O.HI/c1-2-19-17(20-6-7-22-8-10-23-11-9-22)21-14-16-5-3-4-15(12-16)13-18;/h3-5,12H,2,6-11,14H2,1H3,(H2,19,20,21);1H. The highest BCUT2D eigenvalue weighted by molar-refractivity contribution is 14.0. The first-order valence-electron chi connectivity index (χ1n) is 8.13. The first kappa shape index (κ1) is 20.7. The average molecular weight is 443 g/mol. The highest BCUT2D eigenvalue weighted by atomic mass is 127. The number of nitriles is 1. The molecule has 6 nitrogen and oxygen atoms in total. The quantitative estimate of drug-likeness (QED) is 0.397. The number of morpholine rings is 1. The summed E-state index contributed by atoms with van der Waals surface area (Å²) in [5, 5.41) is 15.5. The fraction of sp³-hybridized carbons (Fsp3) is 0.529. The van der Waals surface area contributed by atoms with Crippen molar-refractivity contribution in [1.29, 1.82) is 5.26 Å². The van der Waals surface area contributed by atoms with E-state index in [2.05, 4.69) is 33.5 Å². The molecular weight excluding hydrogens is 417 g/mol. The number of halogens is 1. The molecule has 1 fully saturated rings. The Labute approximate surface area is 161 Å². The fourth-order valence-electron chi connectivity index (χ4n) is 2.41. The summed E-state index contributed by atoms with van der Waals surface area (Å²) in [6.07, 6.45) is 0. The number of rotatable bonds is 6. The number of hydrogen-bond acceptors (Lipinski definition) is 4. The molecule has 0 spiro atoms. The van der Waals surface area contributed by atoms with Crippen molar-refractivity contribution in [2.75, 3.05) is 45.9 Å². The van der Waals surface area contributed by atoms with Gasteiger partial charge < -0.3 is 15.4 Å². The van der Waals surface area contributed by atoms with Crippen LogP contribution >= 0.6 is 24.0 Å². The highest BCUT2D eigenvalue weighted by Crippen LogP contribution is 2.05. The van der Waals surface area contributed by atoms with E-state index in [0.717, 1.165) is 57.5 Å². The zero-order chi connectivity index (χ0) is 16.3. The molecule has 1 saturated heterocycles. The van der Waals surface area contributed by atoms with Crippen LogP contribution < -0.4 is 10.6 Å². The molecular formula is C17H26IN5O. The normalized spacial score (nSPS) is 15.2. The summed E-state index contributed by atoms with van der Waals surface area (Å²) in [6, 6.07) is 9.71. The van der Waals surface area contributed by atoms with E-state index in [-0.39, 0.29) is 24.0 Å². The van der Waals surface area contributed by atoms with E-state index >= 15 is 0 Å². The third kappa shape index (κ3) is 7.47. The molecule has 0 unspecified atom stereocenters. The molecule has 2 N–H and O–H groups in total. The van der Waals surface area contributed by atoms with Crippen LogP contribution in [-0.4, -0.2) is 56.8 Å². The minimum atomic E-state index is 0. The Balaban J connectivity index is 0.00000288. The van der Waals surface area contributed by atoms with Crippen molar-refractivity contribution in [1.82, 2.24) is 15.5 Å². The molecule has 132 valence electrons. The largest absolute Gasteiger partial charge is 0.379 e. The van der Waals surface area contributed by atoms with Crippen LogP contribution in [0.5, 0.6) is 0 Å². The molecule has 24 heavy (non-hydrogen) atoms. The van der Waals surface area contributed by atoms with Gasteiger partial charge in [0.2, 0.25) is 0 Å². The van der Waals surface area contributed by atoms with Crippen LogP contribution in [0.1, 0.15) is 18.1 Å². The van der Waals surface area contributed by atoms with Gasteiger partial charge in [-0.15, -0.1) is 24.0 Å². The second kappa shape index (κ2) is 12.1. The van der Waals surface area contributed by atoms with Gasteiger partial charge in [0.1, 0.15) is 0 Å². The Morgan fingerprint density at radius 1 is 1.33 bits per heavy atom. The van der Waals surface area contributed by atoms with Gasteiger partial charge in [0, 0.05) is 32.7 Å². The molecule has 0 atom stereocenters. The number of nitrogens with one attached hydrogen (secondary N) is 2. The highest BCUT2D eigenvalue weighted by Gasteiger charge is 2.09. The molecule has 1 aliphatic heterocycles. The predicted octanol–water partition coefficient (Wildman–Crippen LogP) is 1.56. The van der Waals surface area contributed by atoms with E-state index in [4.69, 9.17) is 10.00 Å². The van der Waals surface area contributed by atoms with Crippen molar-refractivity contribution in [3.63, 3.8) is 0 Å². The molecule has 0 aromatic heterocycles. The molecule has 2 rings (SSSR count). The molecule has 1 aromatic carbocycles. The van der Waals surface area contributed by atoms with Crippen LogP contribution in [0.2, 0.25) is 0 Å². The van der Waals surface area contributed by atoms with Crippen LogP contribution in [0.3, 0.4) is 0 Å². The lowest BCUT2D eigenvalue weighted by molar-refractivity contribution is 0.0389. The maximum absolute atomic E-state index is 8.94. The summed E-state index contributed by atoms with van der Waals surface area (Å²) in [6.45, 7) is 8.90. The van der Waals surface area contributed by atoms with Crippen molar-refractivity contribution in [3.8, 4) is 6.07 Å². The molecule has 1 aliphatic rings. The monoisotopic (exact) mass is 443 g/mol. The van der Waals surface area contributed by atoms with Gasteiger partial charge in [-0.05, 0) is 24.6 Å². The van der Waals surface area contributed by atoms with Crippen molar-refractivity contribution in [2.24, 2.45) is 4.99 Å². The van der Waals surface area contributed by atoms with Crippen molar-refractivity contribution in [2.45, 2.75) is 13.5 Å². The van der Waals surface area contributed by atoms with Gasteiger partial charge in [-0.1, -0.05) is 12.1 Å². The van der Waals surface area contributed by atoms with Gasteiger partial charge in [-0.3, -0.25) is 4.90 Å². The van der Waals surface area contributed by atoms with Crippen LogP contribution in [-0.2, 0) is 11.3 Å². The summed E-state index contributed by atoms with van der Waals surface area (Å²) >= 11 is 0. The molecule has 0 saturated carbocycles. The van der Waals surface area contributed by atoms with Crippen molar-refractivity contribution >= 4 is 29.9 Å². The molecule has 7 heteroatoms. The van der Waals surface area contributed by atoms with E-state index in [0.29, 0.717) is 12.1 Å². The van der Waals surface area contributed by atoms with Gasteiger partial charge in [-0.2, -0.15) is 5.26 Å². The van der Waals surface area contributed by atoms with Crippen LogP contribution in [0.4, 0.5) is 0 Å². The summed E-state index contributed by atoms with van der Waals surface area (Å²) in [5.74, 6) is 0.808. The maximum atomic E-state index is 8.94. The molecule has 0 amide bonds. The molecule has 0 bridgehead atoms. The Morgan fingerprint density at radius 3 is 2.83 bits per heavy atom. The summed E-state index contributed by atoms with van der Waals surface area (Å²) in [4.78, 5) is 6.97. The Morgan fingerprint density at radius 2 is 2.12 bits per heavy atom. The number of nitrogens with zero attached hydrogens (tertiary/aromatic N) is 3. The lowest BCUT2D eigenvalue weighted by Gasteiger charge is -2.26. The van der Waals surface area contributed by atoms with Gasteiger partial charge in [0.25, 0.3) is 0 Å². The Bertz CT molecular complexity index is 552. The summed E-state index contributed by atoms with van der Waals surface area (Å²) in [7, 11) is 0. The van der Waals surface area contributed by atoms with Gasteiger partial charge in [-0.25, -0.2) is 4.99 Å². The van der Waals surface area contributed by atoms with Crippen molar-refractivity contribution in [3.05, 3.63) is 35.4 Å². The van der Waals surface area contributed by atoms with Gasteiger partial charge in [0.15, 0.2) is 5.96 Å². The average Bonchev–Trinajstić information content (AvgIpc) is 2.61. The third-order valence-corrected chi connectivity index (χ3v) is 3.64. The van der Waals surface area contributed by atoms with Crippen LogP contribution in [0, 0.1) is 11.3 Å². The van der Waals surface area contributed by atoms with E-state index in [1.807, 2.05) is 18.2 Å². The SMILES string of the molecule is CCNC(=NCc1cccc(C#N)c1)NCCN1CCOCC1.I. The maximum Gasteiger partial charge on any atom is 0.191 e. The molecule has 0 radical (unpaired) electrons. The number of benzene rings is 1. The van der Waals surface area contributed by atoms with Crippen molar-refractivity contribution < 1.29 is 4.74 Å². The topological polar surface area (TPSA) is 72.7 Å². The van der Waals surface area contributed by atoms with E-state index in [1.54, 1.807) is 6.07 Å². The first-order valence-corrected chi connectivity index (χ1v) is 8.13. The van der Waals surface area contributed by atoms with Crippen LogP contribution in [0.25, 0.3) is 0 Å². The summed E-state index contributed by atoms with van der Waals surface area (Å²) < 4.78 is 5.35. The number of hydrogen-bond donors (Lipinski definition) is 2. The number of aliphatic imine (C=N–C) groups is 1. The van der Waals surface area contributed by atoms with E-state index in [1.165, 1.54) is 0 Å². The zero-order valence-electron chi connectivity index (χ0n) is 14.1. The van der Waals surface area contributed by atoms with E-state index in [9.17, 15) is 0 Å². The molecule has 1 heterocycles.